The molecule has 0 N–H and O–H groups in total. The normalized spacial score (nSPS) is 4.80. The molecule has 0 saturated heterocycles. The minimum Gasteiger partial charge on any atom is -0.672 e. The fourth-order valence-corrected chi connectivity index (χ4v) is 0. The van der Waals surface area contributed by atoms with E-state index >= 15 is 0 Å². The standard InChI is InChI=1S/Fe.Mg.2O3Si/c;;2*1-4(2)3/q2*+2;2*-2. The second-order valence-electron chi connectivity index (χ2n) is 0.500. The molecule has 54 valence electrons. The van der Waals surface area contributed by atoms with Crippen LogP contribution in [0.15, 0.2) is 0 Å². The molecule has 0 aliphatic carbocycles. The molecule has 0 aromatic rings. The van der Waals surface area contributed by atoms with E-state index in [1.165, 1.54) is 0 Å². The molecule has 0 rings (SSSR count). The fraction of sp³-hybridized carbons (Fsp3) is 0. The SMILES string of the molecule is O=[Si]([O-])[O-].O=[Si]([O-])[O-].[Fe+2].[Mg+2]. The third-order valence-electron chi connectivity index (χ3n) is 0. The van der Waals surface area contributed by atoms with Gasteiger partial charge in [0.05, 0.1) is 0 Å². The van der Waals surface area contributed by atoms with E-state index in [2.05, 4.69) is 0 Å². The third-order valence-corrected chi connectivity index (χ3v) is 0. The van der Waals surface area contributed by atoms with E-state index in [4.69, 9.17) is 28.1 Å². The minimum absolute atomic E-state index is 0. The molecular weight excluding hydrogens is 232 g/mol. The van der Waals surface area contributed by atoms with Crippen LogP contribution in [-0.4, -0.2) is 41.4 Å². The Bertz CT molecular complexity index is 73.7. The molecular formula is FeMgO6Si2. The van der Waals surface area contributed by atoms with Crippen LogP contribution in [-0.2, 0) is 26.0 Å². The van der Waals surface area contributed by atoms with Gasteiger partial charge in [0.2, 0.25) is 0 Å². The van der Waals surface area contributed by atoms with Crippen LogP contribution >= 0.6 is 0 Å². The molecule has 0 spiro atoms. The summed E-state index contributed by atoms with van der Waals surface area (Å²) >= 11 is 0. The average molecular weight is 232 g/mol. The van der Waals surface area contributed by atoms with Gasteiger partial charge in [-0.15, -0.1) is 0 Å². The molecule has 6 nitrogen and oxygen atoms in total. The first-order chi connectivity index (χ1) is 3.46. The van der Waals surface area contributed by atoms with Crippen molar-refractivity contribution in [2.75, 3.05) is 0 Å². The van der Waals surface area contributed by atoms with Gasteiger partial charge in [0.1, 0.15) is 0 Å². The average Bonchev–Trinajstić information content (AvgIpc) is 1.25. The Labute approximate surface area is 86.3 Å². The minimum atomic E-state index is -3.63. The molecule has 0 aliphatic heterocycles. The van der Waals surface area contributed by atoms with E-state index in [9.17, 15) is 0 Å². The van der Waals surface area contributed by atoms with Crippen molar-refractivity contribution >= 4 is 41.4 Å². The Hall–Kier alpha value is 0.519. The molecule has 0 aliphatic rings. The monoisotopic (exact) mass is 232 g/mol. The zero-order valence-electron chi connectivity index (χ0n) is 4.51. The molecule has 0 amide bonds. The van der Waals surface area contributed by atoms with Crippen LogP contribution in [0.25, 0.3) is 0 Å². The van der Waals surface area contributed by atoms with E-state index < -0.39 is 18.3 Å². The zero-order chi connectivity index (χ0) is 7.15. The molecule has 0 unspecified atom stereocenters. The maximum Gasteiger partial charge on any atom is 2.00 e. The van der Waals surface area contributed by atoms with E-state index in [1.54, 1.807) is 0 Å². The first-order valence-corrected chi connectivity index (χ1v) is 3.67. The van der Waals surface area contributed by atoms with Gasteiger partial charge >= 0.3 is 40.1 Å². The largest absolute Gasteiger partial charge is 2.00 e. The smallest absolute Gasteiger partial charge is 0.672 e. The number of rotatable bonds is 0. The maximum atomic E-state index is 8.52. The van der Waals surface area contributed by atoms with Crippen LogP contribution in [0.4, 0.5) is 0 Å². The summed E-state index contributed by atoms with van der Waals surface area (Å²) in [6.07, 6.45) is 0. The van der Waals surface area contributed by atoms with Crippen LogP contribution in [0.1, 0.15) is 0 Å². The summed E-state index contributed by atoms with van der Waals surface area (Å²) < 4.78 is 17.0. The van der Waals surface area contributed by atoms with Crippen molar-refractivity contribution in [2.24, 2.45) is 0 Å². The summed E-state index contributed by atoms with van der Waals surface area (Å²) in [5.74, 6) is 0. The molecule has 0 fully saturated rings. The van der Waals surface area contributed by atoms with Gasteiger partial charge in [0.15, 0.2) is 0 Å². The molecule has 0 heterocycles. The van der Waals surface area contributed by atoms with Crippen LogP contribution in [0.5, 0.6) is 0 Å². The van der Waals surface area contributed by atoms with Crippen molar-refractivity contribution in [2.45, 2.75) is 0 Å². The molecule has 0 radical (unpaired) electrons. The van der Waals surface area contributed by atoms with Crippen LogP contribution < -0.4 is 19.2 Å². The molecule has 0 bridgehead atoms. The predicted octanol–water partition coefficient (Wildman–Crippen LogP) is -6.14. The molecule has 0 atom stereocenters. The summed E-state index contributed by atoms with van der Waals surface area (Å²) in [5.41, 5.74) is 0. The fourth-order valence-electron chi connectivity index (χ4n) is 0. The quantitative estimate of drug-likeness (QED) is 0.382. The zero-order valence-corrected chi connectivity index (χ0v) is 9.03. The summed E-state index contributed by atoms with van der Waals surface area (Å²) in [6.45, 7) is 0. The summed E-state index contributed by atoms with van der Waals surface area (Å²) in [7, 11) is -7.26. The first kappa shape index (κ1) is 22.4. The summed E-state index contributed by atoms with van der Waals surface area (Å²) in [4.78, 5) is 34.1. The van der Waals surface area contributed by atoms with Gasteiger partial charge in [-0.05, 0) is 0 Å². The van der Waals surface area contributed by atoms with Crippen molar-refractivity contribution in [1.82, 2.24) is 0 Å². The number of hydrogen-bond acceptors (Lipinski definition) is 6. The third kappa shape index (κ3) is 1790. The summed E-state index contributed by atoms with van der Waals surface area (Å²) in [6, 6.07) is 0. The Morgan fingerprint density at radius 1 is 0.800 bits per heavy atom. The Morgan fingerprint density at radius 2 is 0.800 bits per heavy atom. The van der Waals surface area contributed by atoms with Gasteiger partial charge in [0, 0.05) is 18.3 Å². The molecule has 10 heavy (non-hydrogen) atoms. The van der Waals surface area contributed by atoms with Crippen LogP contribution in [0.2, 0.25) is 0 Å². The Morgan fingerprint density at radius 3 is 0.800 bits per heavy atom. The maximum absolute atomic E-state index is 8.52. The van der Waals surface area contributed by atoms with Crippen molar-refractivity contribution in [3.05, 3.63) is 0 Å². The van der Waals surface area contributed by atoms with Gasteiger partial charge in [0.25, 0.3) is 0 Å². The topological polar surface area (TPSA) is 126 Å². The van der Waals surface area contributed by atoms with Crippen molar-refractivity contribution in [3.8, 4) is 0 Å². The van der Waals surface area contributed by atoms with Gasteiger partial charge in [-0.25, -0.2) is 0 Å². The van der Waals surface area contributed by atoms with E-state index in [1.807, 2.05) is 0 Å². The van der Waals surface area contributed by atoms with Crippen LogP contribution in [0.3, 0.4) is 0 Å². The molecule has 0 aromatic carbocycles. The first-order valence-electron chi connectivity index (χ1n) is 1.22. The second-order valence-corrected chi connectivity index (χ2v) is 1.50. The second kappa shape index (κ2) is 16.3. The van der Waals surface area contributed by atoms with E-state index in [0.717, 1.165) is 0 Å². The van der Waals surface area contributed by atoms with Gasteiger partial charge in [-0.1, -0.05) is 0 Å². The molecule has 10 heteroatoms. The Balaban J connectivity index is -0.0000000300. The van der Waals surface area contributed by atoms with Crippen molar-refractivity contribution in [3.63, 3.8) is 0 Å². The number of hydrogen-bond donors (Lipinski definition) is 0. The molecule has 0 saturated carbocycles. The summed E-state index contributed by atoms with van der Waals surface area (Å²) in [5, 5.41) is 0. The van der Waals surface area contributed by atoms with Gasteiger partial charge in [-0.3, -0.25) is 0 Å². The van der Waals surface area contributed by atoms with E-state index in [-0.39, 0.29) is 40.1 Å². The Kier molecular flexibility index (Phi) is 36.5. The van der Waals surface area contributed by atoms with E-state index in [0.29, 0.717) is 0 Å². The van der Waals surface area contributed by atoms with Crippen molar-refractivity contribution < 1.29 is 45.2 Å². The molecule has 0 aromatic heterocycles. The van der Waals surface area contributed by atoms with Crippen molar-refractivity contribution in [1.29, 1.82) is 0 Å². The van der Waals surface area contributed by atoms with Gasteiger partial charge < -0.3 is 28.1 Å². The predicted molar refractivity (Wildman–Crippen MR) is 18.6 cm³/mol. The van der Waals surface area contributed by atoms with Gasteiger partial charge in [-0.2, -0.15) is 0 Å². The van der Waals surface area contributed by atoms with Crippen LogP contribution in [0, 0.1) is 0 Å².